The number of nitrogens with one attached hydrogen (secondary N) is 5. The van der Waals surface area contributed by atoms with Crippen LogP contribution in [-0.4, -0.2) is 98.8 Å². The number of benzene rings is 1. The zero-order valence-corrected chi connectivity index (χ0v) is 32.4. The van der Waals surface area contributed by atoms with Crippen molar-refractivity contribution in [3.05, 3.63) is 66.1 Å². The van der Waals surface area contributed by atoms with Crippen molar-refractivity contribution in [1.82, 2.24) is 36.1 Å². The van der Waals surface area contributed by atoms with Crippen LogP contribution in [0.4, 0.5) is 0 Å². The summed E-state index contributed by atoms with van der Waals surface area (Å²) in [5.74, 6) is -3.93. The van der Waals surface area contributed by atoms with E-state index < -0.39 is 71.1 Å². The fourth-order valence-corrected chi connectivity index (χ4v) is 6.86. The Morgan fingerprint density at radius 2 is 1.69 bits per heavy atom. The molecule has 0 bridgehead atoms. The maximum Gasteiger partial charge on any atom is 0.326 e. The second-order valence-electron chi connectivity index (χ2n) is 15.7. The molecule has 3 heterocycles. The first-order chi connectivity index (χ1) is 26.1. The lowest BCUT2D eigenvalue weighted by Crippen LogP contribution is -2.61. The number of rotatable bonds is 18. The maximum atomic E-state index is 14.3. The summed E-state index contributed by atoms with van der Waals surface area (Å²) in [6.07, 6.45) is 7.36. The van der Waals surface area contributed by atoms with Gasteiger partial charge in [-0.3, -0.25) is 29.0 Å². The molecule has 15 heteroatoms. The standard InChI is InChI=1S/C40H56N8O7/c1-24(2)20-31(39(54)55)46-37(52)33(40(3,4)5)47-35(50)30(21-26-23-43-28-14-7-6-13-27(26)28)45-36(51)32-16-11-19-48(32)38(53)29(15-8-9-17-41)44-34(49)25-12-10-18-42-22-25/h6-7,10,12-14,18,22-24,29-33,43H,8-9,11,15-17,19-21,41H2,1-5H3,(H,44,49)(H,45,51)(H,46,52)(H,47,50)(H,54,55)/t29-,30-,31-,32-,33+/m0/s1. The Labute approximate surface area is 322 Å². The molecule has 2 aromatic heterocycles. The first-order valence-corrected chi connectivity index (χ1v) is 19.0. The number of aromatic amines is 1. The summed E-state index contributed by atoms with van der Waals surface area (Å²) in [5.41, 5.74) is 6.74. The van der Waals surface area contributed by atoms with Crippen LogP contribution in [0.15, 0.2) is 55.0 Å². The number of H-pyrrole nitrogens is 1. The van der Waals surface area contributed by atoms with Crippen molar-refractivity contribution in [2.75, 3.05) is 13.1 Å². The van der Waals surface area contributed by atoms with Gasteiger partial charge in [-0.1, -0.05) is 52.8 Å². The number of nitrogens with zero attached hydrogens (tertiary/aromatic N) is 2. The predicted molar refractivity (Wildman–Crippen MR) is 207 cm³/mol. The van der Waals surface area contributed by atoms with Crippen molar-refractivity contribution in [2.45, 2.75) is 110 Å². The highest BCUT2D eigenvalue weighted by atomic mass is 16.4. The van der Waals surface area contributed by atoms with Gasteiger partial charge in [-0.15, -0.1) is 0 Å². The van der Waals surface area contributed by atoms with Gasteiger partial charge >= 0.3 is 5.97 Å². The molecule has 1 saturated heterocycles. The van der Waals surface area contributed by atoms with E-state index in [1.807, 2.05) is 38.1 Å². The number of carbonyl (C=O) groups is 6. The van der Waals surface area contributed by atoms with Gasteiger partial charge in [0.05, 0.1) is 5.56 Å². The third kappa shape index (κ3) is 11.6. The highest BCUT2D eigenvalue weighted by Crippen LogP contribution is 2.24. The van der Waals surface area contributed by atoms with Gasteiger partial charge in [0.1, 0.15) is 30.2 Å². The third-order valence-corrected chi connectivity index (χ3v) is 9.78. The van der Waals surface area contributed by atoms with E-state index in [9.17, 15) is 33.9 Å². The lowest BCUT2D eigenvalue weighted by atomic mass is 9.85. The summed E-state index contributed by atoms with van der Waals surface area (Å²) in [5, 5.41) is 21.8. The number of aliphatic carboxylic acids is 1. The Morgan fingerprint density at radius 1 is 0.945 bits per heavy atom. The summed E-state index contributed by atoms with van der Waals surface area (Å²) in [7, 11) is 0. The number of unbranched alkanes of at least 4 members (excludes halogenated alkanes) is 1. The molecule has 0 spiro atoms. The highest BCUT2D eigenvalue weighted by Gasteiger charge is 2.41. The van der Waals surface area contributed by atoms with Crippen LogP contribution in [-0.2, 0) is 30.4 Å². The zero-order valence-electron chi connectivity index (χ0n) is 32.4. The number of hydrogen-bond acceptors (Lipinski definition) is 8. The Bertz CT molecular complexity index is 1810. The molecule has 4 rings (SSSR count). The van der Waals surface area contributed by atoms with E-state index in [0.717, 1.165) is 16.5 Å². The van der Waals surface area contributed by atoms with Crippen LogP contribution in [0, 0.1) is 11.3 Å². The van der Waals surface area contributed by atoms with Gasteiger partial charge in [-0.25, -0.2) is 4.79 Å². The second kappa shape index (κ2) is 19.3. The molecule has 55 heavy (non-hydrogen) atoms. The number of carbonyl (C=O) groups excluding carboxylic acids is 5. The number of para-hydroxylation sites is 1. The highest BCUT2D eigenvalue weighted by molar-refractivity contribution is 5.99. The molecule has 1 aliphatic rings. The summed E-state index contributed by atoms with van der Waals surface area (Å²) >= 11 is 0. The maximum absolute atomic E-state index is 14.3. The van der Waals surface area contributed by atoms with Gasteiger partial charge in [0.25, 0.3) is 5.91 Å². The number of amides is 5. The topological polar surface area (TPSA) is 229 Å². The predicted octanol–water partition coefficient (Wildman–Crippen LogP) is 2.66. The number of fused-ring (bicyclic) bond motifs is 1. The number of likely N-dealkylation sites (tertiary alicyclic amines) is 1. The van der Waals surface area contributed by atoms with Gasteiger partial charge in [0, 0.05) is 42.5 Å². The SMILES string of the molecule is CC(C)C[C@H](NC(=O)[C@@H](NC(=O)[C@H](Cc1c[nH]c2ccccc12)NC(=O)[C@@H]1CCCN1C(=O)[C@H](CCCCN)NC(=O)c1cccnc1)C(C)(C)C)C(=O)O. The Hall–Kier alpha value is -5.31. The number of nitrogens with two attached hydrogens (primary N) is 1. The van der Waals surface area contributed by atoms with Gasteiger partial charge in [0.15, 0.2) is 0 Å². The molecule has 1 aliphatic heterocycles. The molecule has 1 fully saturated rings. The van der Waals surface area contributed by atoms with E-state index in [1.165, 1.54) is 11.1 Å². The van der Waals surface area contributed by atoms with E-state index >= 15 is 0 Å². The lowest BCUT2D eigenvalue weighted by molar-refractivity contribution is -0.143. The smallest absolute Gasteiger partial charge is 0.326 e. The van der Waals surface area contributed by atoms with Crippen LogP contribution in [0.3, 0.4) is 0 Å². The zero-order chi connectivity index (χ0) is 40.3. The molecule has 0 unspecified atom stereocenters. The minimum absolute atomic E-state index is 0.0134. The molecule has 3 aromatic rings. The fourth-order valence-electron chi connectivity index (χ4n) is 6.86. The van der Waals surface area contributed by atoms with Crippen molar-refractivity contribution < 1.29 is 33.9 Å². The number of hydrogen-bond donors (Lipinski definition) is 7. The number of carboxylic acids is 1. The minimum atomic E-state index is -1.18. The number of pyridine rings is 1. The molecule has 0 radical (unpaired) electrons. The Balaban J connectivity index is 1.59. The van der Waals surface area contributed by atoms with Crippen molar-refractivity contribution in [1.29, 1.82) is 0 Å². The molecule has 0 aliphatic carbocycles. The summed E-state index contributed by atoms with van der Waals surface area (Å²) in [6, 6.07) is 5.40. The largest absolute Gasteiger partial charge is 0.480 e. The Morgan fingerprint density at radius 3 is 2.35 bits per heavy atom. The molecule has 15 nitrogen and oxygen atoms in total. The molecule has 8 N–H and O–H groups in total. The van der Waals surface area contributed by atoms with Crippen LogP contribution in [0.2, 0.25) is 0 Å². The van der Waals surface area contributed by atoms with Gasteiger partial charge in [-0.2, -0.15) is 0 Å². The van der Waals surface area contributed by atoms with Crippen LogP contribution >= 0.6 is 0 Å². The van der Waals surface area contributed by atoms with E-state index in [1.54, 1.807) is 45.3 Å². The Kier molecular flexibility index (Phi) is 14.9. The van der Waals surface area contributed by atoms with E-state index in [4.69, 9.17) is 5.73 Å². The third-order valence-electron chi connectivity index (χ3n) is 9.78. The van der Waals surface area contributed by atoms with Crippen LogP contribution < -0.4 is 27.0 Å². The molecular weight excluding hydrogens is 704 g/mol. The van der Waals surface area contributed by atoms with Gasteiger partial charge < -0.3 is 42.0 Å². The normalized spacial score (nSPS) is 16.6. The van der Waals surface area contributed by atoms with Gasteiger partial charge in [0.2, 0.25) is 23.6 Å². The summed E-state index contributed by atoms with van der Waals surface area (Å²) in [6.45, 7) is 9.65. The summed E-state index contributed by atoms with van der Waals surface area (Å²) in [4.78, 5) is 89.9. The van der Waals surface area contributed by atoms with Crippen molar-refractivity contribution in [2.24, 2.45) is 17.1 Å². The summed E-state index contributed by atoms with van der Waals surface area (Å²) < 4.78 is 0. The number of aromatic nitrogens is 2. The van der Waals surface area contributed by atoms with Crippen LogP contribution in [0.5, 0.6) is 0 Å². The monoisotopic (exact) mass is 760 g/mol. The lowest BCUT2D eigenvalue weighted by Gasteiger charge is -2.33. The van der Waals surface area contributed by atoms with E-state index in [-0.39, 0.29) is 25.3 Å². The average Bonchev–Trinajstić information content (AvgIpc) is 3.80. The van der Waals surface area contributed by atoms with E-state index in [2.05, 4.69) is 31.2 Å². The van der Waals surface area contributed by atoms with Crippen molar-refractivity contribution in [3.63, 3.8) is 0 Å². The van der Waals surface area contributed by atoms with Crippen LogP contribution in [0.25, 0.3) is 10.9 Å². The molecule has 1 aromatic carbocycles. The average molecular weight is 761 g/mol. The molecule has 5 amide bonds. The van der Waals surface area contributed by atoms with Gasteiger partial charge in [-0.05, 0) is 80.2 Å². The van der Waals surface area contributed by atoms with E-state index in [0.29, 0.717) is 44.2 Å². The minimum Gasteiger partial charge on any atom is -0.480 e. The van der Waals surface area contributed by atoms with Crippen molar-refractivity contribution in [3.8, 4) is 0 Å². The second-order valence-corrected chi connectivity index (χ2v) is 15.7. The quantitative estimate of drug-likeness (QED) is 0.0945. The first-order valence-electron chi connectivity index (χ1n) is 19.0. The number of carboxylic acid groups (broad SMARTS) is 1. The molecular formula is C40H56N8O7. The molecule has 5 atom stereocenters. The van der Waals surface area contributed by atoms with Crippen LogP contribution in [0.1, 0.15) is 89.1 Å². The fraction of sp³-hybridized carbons (Fsp3) is 0.525. The first kappa shape index (κ1) is 42.4. The van der Waals surface area contributed by atoms with Crippen molar-refractivity contribution >= 4 is 46.4 Å². The molecule has 298 valence electrons. The molecule has 0 saturated carbocycles.